The predicted octanol–water partition coefficient (Wildman–Crippen LogP) is 4.17. The SMILES string of the molecule is COc1ccc(NC(=O)CN2c3ccc(Cl)cc3-c3ccccc3S2(=O)=O)c(OC)c1. The van der Waals surface area contributed by atoms with Crippen LogP contribution in [0, 0.1) is 0 Å². The van der Waals surface area contributed by atoms with Gasteiger partial charge in [-0.25, -0.2) is 8.42 Å². The zero-order chi connectivity index (χ0) is 22.2. The molecule has 0 saturated heterocycles. The van der Waals surface area contributed by atoms with Crippen LogP contribution in [-0.2, 0) is 14.8 Å². The molecule has 31 heavy (non-hydrogen) atoms. The molecule has 3 aromatic carbocycles. The molecule has 0 saturated carbocycles. The van der Waals surface area contributed by atoms with Crippen molar-refractivity contribution in [3.8, 4) is 22.6 Å². The Labute approximate surface area is 185 Å². The number of halogens is 1. The Balaban J connectivity index is 1.70. The topological polar surface area (TPSA) is 84.9 Å². The summed E-state index contributed by atoms with van der Waals surface area (Å²) in [7, 11) is -0.952. The minimum absolute atomic E-state index is 0.125. The van der Waals surface area contributed by atoms with Crippen molar-refractivity contribution in [3.63, 3.8) is 0 Å². The van der Waals surface area contributed by atoms with Crippen LogP contribution in [0.2, 0.25) is 5.02 Å². The number of methoxy groups -OCH3 is 2. The highest BCUT2D eigenvalue weighted by atomic mass is 35.5. The molecule has 0 aliphatic carbocycles. The van der Waals surface area contributed by atoms with E-state index in [4.69, 9.17) is 21.1 Å². The second-order valence-corrected chi connectivity index (χ2v) is 9.05. The number of nitrogens with one attached hydrogen (secondary N) is 1. The highest BCUT2D eigenvalue weighted by molar-refractivity contribution is 7.93. The van der Waals surface area contributed by atoms with Gasteiger partial charge in [-0.3, -0.25) is 9.10 Å². The summed E-state index contributed by atoms with van der Waals surface area (Å²) in [4.78, 5) is 13.0. The maximum atomic E-state index is 13.3. The van der Waals surface area contributed by atoms with Crippen LogP contribution in [0.15, 0.2) is 65.6 Å². The Kier molecular flexibility index (Phi) is 5.51. The second kappa shape index (κ2) is 8.13. The Hall–Kier alpha value is -3.23. The van der Waals surface area contributed by atoms with Gasteiger partial charge in [0.15, 0.2) is 0 Å². The van der Waals surface area contributed by atoms with Crippen molar-refractivity contribution in [2.75, 3.05) is 30.4 Å². The number of rotatable bonds is 5. The average Bonchev–Trinajstić information content (AvgIpc) is 2.77. The molecule has 1 aliphatic heterocycles. The van der Waals surface area contributed by atoms with Crippen LogP contribution in [-0.4, -0.2) is 35.1 Å². The fourth-order valence-corrected chi connectivity index (χ4v) is 5.32. The number of hydrogen-bond acceptors (Lipinski definition) is 5. The van der Waals surface area contributed by atoms with E-state index in [1.165, 1.54) is 20.3 Å². The van der Waals surface area contributed by atoms with Gasteiger partial charge in [0, 0.05) is 22.2 Å². The van der Waals surface area contributed by atoms with Crippen molar-refractivity contribution in [1.82, 2.24) is 0 Å². The third kappa shape index (κ3) is 3.80. The number of hydrogen-bond donors (Lipinski definition) is 1. The number of benzene rings is 3. The Morgan fingerprint density at radius 3 is 2.52 bits per heavy atom. The van der Waals surface area contributed by atoms with E-state index in [9.17, 15) is 13.2 Å². The zero-order valence-corrected chi connectivity index (χ0v) is 18.3. The number of carbonyl (C=O) groups is 1. The van der Waals surface area contributed by atoms with Gasteiger partial charge < -0.3 is 14.8 Å². The lowest BCUT2D eigenvalue weighted by molar-refractivity contribution is -0.114. The van der Waals surface area contributed by atoms with Gasteiger partial charge in [-0.1, -0.05) is 29.8 Å². The zero-order valence-electron chi connectivity index (χ0n) is 16.8. The van der Waals surface area contributed by atoms with Crippen molar-refractivity contribution in [2.45, 2.75) is 4.90 Å². The highest BCUT2D eigenvalue weighted by Crippen LogP contribution is 2.43. The van der Waals surface area contributed by atoms with Crippen LogP contribution in [0.3, 0.4) is 0 Å². The number of amides is 1. The number of nitrogens with zero attached hydrogens (tertiary/aromatic N) is 1. The molecule has 9 heteroatoms. The standard InChI is InChI=1S/C22H19ClN2O5S/c1-29-15-8-9-18(20(12-15)30-2)24-22(26)13-25-19-10-7-14(23)11-17(19)16-5-3-4-6-21(16)31(25,27)28/h3-12H,13H2,1-2H3,(H,24,26). The van der Waals surface area contributed by atoms with Crippen molar-refractivity contribution < 1.29 is 22.7 Å². The number of fused-ring (bicyclic) bond motifs is 3. The lowest BCUT2D eigenvalue weighted by atomic mass is 10.0. The summed E-state index contributed by atoms with van der Waals surface area (Å²) in [6.07, 6.45) is 0. The van der Waals surface area contributed by atoms with Crippen molar-refractivity contribution >= 4 is 38.9 Å². The molecule has 0 unspecified atom stereocenters. The van der Waals surface area contributed by atoms with Crippen LogP contribution in [0.5, 0.6) is 11.5 Å². The molecule has 160 valence electrons. The fourth-order valence-electron chi connectivity index (χ4n) is 3.50. The van der Waals surface area contributed by atoms with Crippen LogP contribution >= 0.6 is 11.6 Å². The summed E-state index contributed by atoms with van der Waals surface area (Å²) >= 11 is 6.16. The van der Waals surface area contributed by atoms with Crippen molar-refractivity contribution in [3.05, 3.63) is 65.7 Å². The van der Waals surface area contributed by atoms with E-state index in [0.29, 0.717) is 39.0 Å². The molecule has 0 aromatic heterocycles. The Morgan fingerprint density at radius 2 is 1.77 bits per heavy atom. The maximum Gasteiger partial charge on any atom is 0.265 e. The maximum absolute atomic E-state index is 13.3. The third-order valence-corrected chi connectivity index (χ3v) is 7.00. The molecule has 1 aliphatic rings. The highest BCUT2D eigenvalue weighted by Gasteiger charge is 2.36. The van der Waals surface area contributed by atoms with E-state index < -0.39 is 22.5 Å². The van der Waals surface area contributed by atoms with Crippen molar-refractivity contribution in [2.24, 2.45) is 0 Å². The lowest BCUT2D eigenvalue weighted by Crippen LogP contribution is -2.40. The molecule has 0 radical (unpaired) electrons. The van der Waals surface area contributed by atoms with Gasteiger partial charge in [0.1, 0.15) is 18.0 Å². The smallest absolute Gasteiger partial charge is 0.265 e. The van der Waals surface area contributed by atoms with Gasteiger partial charge in [-0.2, -0.15) is 0 Å². The molecule has 4 rings (SSSR count). The van der Waals surface area contributed by atoms with Crippen LogP contribution in [0.4, 0.5) is 11.4 Å². The molecule has 3 aromatic rings. The van der Waals surface area contributed by atoms with Crippen LogP contribution < -0.4 is 19.1 Å². The van der Waals surface area contributed by atoms with E-state index in [-0.39, 0.29) is 4.90 Å². The Bertz CT molecular complexity index is 1280. The first-order chi connectivity index (χ1) is 14.8. The van der Waals surface area contributed by atoms with Crippen LogP contribution in [0.25, 0.3) is 11.1 Å². The minimum Gasteiger partial charge on any atom is -0.497 e. The summed E-state index contributed by atoms with van der Waals surface area (Å²) in [5.74, 6) is 0.440. The first kappa shape index (κ1) is 21.0. The van der Waals surface area contributed by atoms with Gasteiger partial charge in [0.2, 0.25) is 5.91 Å². The van der Waals surface area contributed by atoms with Gasteiger partial charge in [0.25, 0.3) is 10.0 Å². The molecule has 0 spiro atoms. The van der Waals surface area contributed by atoms with E-state index in [2.05, 4.69) is 5.32 Å². The average molecular weight is 459 g/mol. The summed E-state index contributed by atoms with van der Waals surface area (Å²) < 4.78 is 38.2. The molecule has 1 heterocycles. The summed E-state index contributed by atoms with van der Waals surface area (Å²) in [5, 5.41) is 3.18. The second-order valence-electron chi connectivity index (χ2n) is 6.78. The monoisotopic (exact) mass is 458 g/mol. The largest absolute Gasteiger partial charge is 0.497 e. The predicted molar refractivity (Wildman–Crippen MR) is 120 cm³/mol. The number of sulfonamides is 1. The van der Waals surface area contributed by atoms with E-state index in [1.54, 1.807) is 54.6 Å². The molecular weight excluding hydrogens is 440 g/mol. The summed E-state index contributed by atoms with van der Waals surface area (Å²) in [6.45, 7) is -0.416. The third-order valence-electron chi connectivity index (χ3n) is 4.94. The quantitative estimate of drug-likeness (QED) is 0.620. The van der Waals surface area contributed by atoms with Gasteiger partial charge in [-0.05, 0) is 36.4 Å². The lowest BCUT2D eigenvalue weighted by Gasteiger charge is -2.31. The summed E-state index contributed by atoms with van der Waals surface area (Å²) in [5.41, 5.74) is 1.99. The Morgan fingerprint density at radius 1 is 1.00 bits per heavy atom. The number of carbonyl (C=O) groups excluding carboxylic acids is 1. The van der Waals surface area contributed by atoms with E-state index in [0.717, 1.165) is 4.31 Å². The molecule has 1 amide bonds. The summed E-state index contributed by atoms with van der Waals surface area (Å²) in [6, 6.07) is 16.5. The number of anilines is 2. The van der Waals surface area contributed by atoms with Gasteiger partial charge in [0.05, 0.1) is 30.5 Å². The van der Waals surface area contributed by atoms with E-state index >= 15 is 0 Å². The minimum atomic E-state index is -3.94. The first-order valence-corrected chi connectivity index (χ1v) is 11.1. The molecular formula is C22H19ClN2O5S. The molecule has 0 bridgehead atoms. The fraction of sp³-hybridized carbons (Fsp3) is 0.136. The molecule has 7 nitrogen and oxygen atoms in total. The first-order valence-electron chi connectivity index (χ1n) is 9.28. The molecule has 0 atom stereocenters. The van der Waals surface area contributed by atoms with Gasteiger partial charge >= 0.3 is 0 Å². The van der Waals surface area contributed by atoms with Crippen molar-refractivity contribution in [1.29, 1.82) is 0 Å². The van der Waals surface area contributed by atoms with Gasteiger partial charge in [-0.15, -0.1) is 0 Å². The normalized spacial score (nSPS) is 13.7. The molecule has 0 fully saturated rings. The number of ether oxygens (including phenoxy) is 2. The van der Waals surface area contributed by atoms with Crippen LogP contribution in [0.1, 0.15) is 0 Å². The van der Waals surface area contributed by atoms with E-state index in [1.807, 2.05) is 0 Å². The molecule has 1 N–H and O–H groups in total.